The van der Waals surface area contributed by atoms with Crippen molar-refractivity contribution in [1.82, 2.24) is 9.88 Å². The van der Waals surface area contributed by atoms with Gasteiger partial charge in [-0.1, -0.05) is 30.0 Å². The first-order chi connectivity index (χ1) is 9.74. The lowest BCUT2D eigenvalue weighted by Crippen LogP contribution is -2.34. The van der Waals surface area contributed by atoms with Gasteiger partial charge in [-0.2, -0.15) is 0 Å². The monoisotopic (exact) mass is 308 g/mol. The molecule has 0 radical (unpaired) electrons. The highest BCUT2D eigenvalue weighted by atomic mass is 32.2. The molecule has 0 fully saturated rings. The molecule has 20 heavy (non-hydrogen) atoms. The first-order valence-electron chi connectivity index (χ1n) is 6.22. The Morgan fingerprint density at radius 2 is 2.30 bits per heavy atom. The molecule has 106 valence electrons. The fourth-order valence-corrected chi connectivity index (χ4v) is 3.69. The molecular formula is C14H16N2O2S2. The summed E-state index contributed by atoms with van der Waals surface area (Å²) in [7, 11) is 0. The molecule has 1 N–H and O–H groups in total. The number of thiazole rings is 1. The summed E-state index contributed by atoms with van der Waals surface area (Å²) in [4.78, 5) is 18.1. The van der Waals surface area contributed by atoms with Crippen LogP contribution in [0.15, 0.2) is 41.3 Å². The van der Waals surface area contributed by atoms with Crippen molar-refractivity contribution in [3.63, 3.8) is 0 Å². The van der Waals surface area contributed by atoms with E-state index < -0.39 is 0 Å². The second-order valence-corrected chi connectivity index (χ2v) is 6.34. The number of aromatic nitrogens is 1. The van der Waals surface area contributed by atoms with E-state index in [1.54, 1.807) is 22.3 Å². The Labute approximate surface area is 126 Å². The third-order valence-electron chi connectivity index (χ3n) is 2.67. The molecule has 4 nitrogen and oxygen atoms in total. The summed E-state index contributed by atoms with van der Waals surface area (Å²) in [6, 6.07) is 7.92. The first kappa shape index (κ1) is 15.0. The highest BCUT2D eigenvalue weighted by Crippen LogP contribution is 2.29. The third-order valence-corrected chi connectivity index (χ3v) is 4.83. The lowest BCUT2D eigenvalue weighted by Gasteiger charge is -2.19. The average Bonchev–Trinajstić information content (AvgIpc) is 2.87. The average molecular weight is 308 g/mol. The van der Waals surface area contributed by atoms with Gasteiger partial charge in [-0.25, -0.2) is 4.98 Å². The minimum atomic E-state index is -0.0363. The number of amides is 1. The molecule has 0 atom stereocenters. The van der Waals surface area contributed by atoms with E-state index in [0.29, 0.717) is 18.8 Å². The zero-order chi connectivity index (χ0) is 14.4. The van der Waals surface area contributed by atoms with E-state index in [1.807, 2.05) is 24.3 Å². The van der Waals surface area contributed by atoms with Crippen molar-refractivity contribution in [1.29, 1.82) is 0 Å². The van der Waals surface area contributed by atoms with E-state index in [0.717, 1.165) is 14.6 Å². The van der Waals surface area contributed by atoms with Crippen LogP contribution in [0.5, 0.6) is 0 Å². The molecule has 2 aromatic rings. The number of benzene rings is 1. The molecule has 1 amide bonds. The highest BCUT2D eigenvalue weighted by molar-refractivity contribution is 8.01. The maximum absolute atomic E-state index is 12.0. The standard InChI is InChI=1S/C14H16N2O2S2/c1-2-7-16(8-9-17)13(18)10-19-14-15-11-5-3-4-6-12(11)20-14/h2-6,17H,1,7-10H2. The summed E-state index contributed by atoms with van der Waals surface area (Å²) in [5, 5.41) is 8.95. The SMILES string of the molecule is C=CCN(CCO)C(=O)CSc1nc2ccccc2s1. The van der Waals surface area contributed by atoms with E-state index in [1.165, 1.54) is 11.8 Å². The summed E-state index contributed by atoms with van der Waals surface area (Å²) in [6.45, 7) is 4.38. The van der Waals surface area contributed by atoms with E-state index in [2.05, 4.69) is 11.6 Å². The number of carbonyl (C=O) groups excluding carboxylic acids is 1. The summed E-state index contributed by atoms with van der Waals surface area (Å²) >= 11 is 3.02. The van der Waals surface area contributed by atoms with Gasteiger partial charge in [0.05, 0.1) is 22.6 Å². The minimum absolute atomic E-state index is 0.0109. The molecule has 0 unspecified atom stereocenters. The molecule has 0 bridgehead atoms. The molecule has 0 saturated heterocycles. The van der Waals surface area contributed by atoms with Gasteiger partial charge in [0.25, 0.3) is 0 Å². The number of aliphatic hydroxyl groups is 1. The van der Waals surface area contributed by atoms with Crippen LogP contribution in [-0.4, -0.2) is 46.3 Å². The number of para-hydroxylation sites is 1. The second-order valence-electron chi connectivity index (χ2n) is 4.09. The number of rotatable bonds is 7. The molecule has 0 saturated carbocycles. The molecular weight excluding hydrogens is 292 g/mol. The van der Waals surface area contributed by atoms with Crippen LogP contribution in [0.2, 0.25) is 0 Å². The van der Waals surface area contributed by atoms with Crippen LogP contribution in [-0.2, 0) is 4.79 Å². The molecule has 6 heteroatoms. The molecule has 2 rings (SSSR count). The van der Waals surface area contributed by atoms with Gasteiger partial charge < -0.3 is 10.0 Å². The number of hydrogen-bond acceptors (Lipinski definition) is 5. The van der Waals surface area contributed by atoms with Gasteiger partial charge in [0.2, 0.25) is 5.91 Å². The van der Waals surface area contributed by atoms with Crippen LogP contribution < -0.4 is 0 Å². The number of thioether (sulfide) groups is 1. The molecule has 1 aromatic carbocycles. The zero-order valence-electron chi connectivity index (χ0n) is 11.0. The Kier molecular flexibility index (Phi) is 5.58. The number of fused-ring (bicyclic) bond motifs is 1. The van der Waals surface area contributed by atoms with Gasteiger partial charge in [-0.05, 0) is 12.1 Å². The quantitative estimate of drug-likeness (QED) is 0.630. The molecule has 0 aliphatic rings. The lowest BCUT2D eigenvalue weighted by molar-refractivity contribution is -0.128. The third kappa shape index (κ3) is 3.82. The molecule has 1 heterocycles. The summed E-state index contributed by atoms with van der Waals surface area (Å²) in [6.07, 6.45) is 1.66. The van der Waals surface area contributed by atoms with Crippen LogP contribution in [0, 0.1) is 0 Å². The summed E-state index contributed by atoms with van der Waals surface area (Å²) in [5.41, 5.74) is 0.964. The number of carbonyl (C=O) groups is 1. The maximum Gasteiger partial charge on any atom is 0.233 e. The van der Waals surface area contributed by atoms with Crippen molar-refractivity contribution < 1.29 is 9.90 Å². The topological polar surface area (TPSA) is 53.4 Å². The van der Waals surface area contributed by atoms with Crippen molar-refractivity contribution in [2.75, 3.05) is 25.4 Å². The molecule has 1 aromatic heterocycles. The van der Waals surface area contributed by atoms with Gasteiger partial charge >= 0.3 is 0 Å². The van der Waals surface area contributed by atoms with Gasteiger partial charge in [-0.3, -0.25) is 4.79 Å². The van der Waals surface area contributed by atoms with Crippen molar-refractivity contribution >= 4 is 39.2 Å². The van der Waals surface area contributed by atoms with Crippen LogP contribution >= 0.6 is 23.1 Å². The van der Waals surface area contributed by atoms with Crippen molar-refractivity contribution in [2.24, 2.45) is 0 Å². The van der Waals surface area contributed by atoms with Crippen molar-refractivity contribution in [2.45, 2.75) is 4.34 Å². The predicted molar refractivity (Wildman–Crippen MR) is 84.2 cm³/mol. The van der Waals surface area contributed by atoms with Gasteiger partial charge in [0.15, 0.2) is 4.34 Å². The van der Waals surface area contributed by atoms with Crippen molar-refractivity contribution in [3.8, 4) is 0 Å². The minimum Gasteiger partial charge on any atom is -0.395 e. The molecule has 0 aliphatic carbocycles. The number of aliphatic hydroxyl groups excluding tert-OH is 1. The first-order valence-corrected chi connectivity index (χ1v) is 8.02. The smallest absolute Gasteiger partial charge is 0.233 e. The fraction of sp³-hybridized carbons (Fsp3) is 0.286. The van der Waals surface area contributed by atoms with Crippen molar-refractivity contribution in [3.05, 3.63) is 36.9 Å². The van der Waals surface area contributed by atoms with Crippen LogP contribution in [0.3, 0.4) is 0 Å². The lowest BCUT2D eigenvalue weighted by atomic mass is 10.3. The Hall–Kier alpha value is -1.37. The van der Waals surface area contributed by atoms with Gasteiger partial charge in [0.1, 0.15) is 0 Å². The second kappa shape index (κ2) is 7.42. The van der Waals surface area contributed by atoms with Crippen LogP contribution in [0.4, 0.5) is 0 Å². The van der Waals surface area contributed by atoms with E-state index in [9.17, 15) is 4.79 Å². The predicted octanol–water partition coefficient (Wildman–Crippen LogP) is 2.40. The van der Waals surface area contributed by atoms with Crippen LogP contribution in [0.1, 0.15) is 0 Å². The molecule has 0 aliphatic heterocycles. The summed E-state index contributed by atoms with van der Waals surface area (Å²) in [5.74, 6) is 0.316. The maximum atomic E-state index is 12.0. The Morgan fingerprint density at radius 3 is 3.00 bits per heavy atom. The number of hydrogen-bond donors (Lipinski definition) is 1. The van der Waals surface area contributed by atoms with Gasteiger partial charge in [-0.15, -0.1) is 17.9 Å². The Morgan fingerprint density at radius 1 is 1.50 bits per heavy atom. The van der Waals surface area contributed by atoms with E-state index in [4.69, 9.17) is 5.11 Å². The zero-order valence-corrected chi connectivity index (χ0v) is 12.6. The Balaban J connectivity index is 1.96. The summed E-state index contributed by atoms with van der Waals surface area (Å²) < 4.78 is 2.02. The van der Waals surface area contributed by atoms with E-state index in [-0.39, 0.29) is 12.5 Å². The fourth-order valence-electron chi connectivity index (χ4n) is 1.72. The largest absolute Gasteiger partial charge is 0.395 e. The normalized spacial score (nSPS) is 10.7. The highest BCUT2D eigenvalue weighted by Gasteiger charge is 2.13. The Bertz CT molecular complexity index is 565. The number of nitrogens with zero attached hydrogens (tertiary/aromatic N) is 2. The molecule has 0 spiro atoms. The van der Waals surface area contributed by atoms with Gasteiger partial charge in [0, 0.05) is 13.1 Å². The van der Waals surface area contributed by atoms with Crippen LogP contribution in [0.25, 0.3) is 10.2 Å². The van der Waals surface area contributed by atoms with E-state index >= 15 is 0 Å².